The third kappa shape index (κ3) is 5.08. The lowest BCUT2D eigenvalue weighted by atomic mass is 10.1. The van der Waals surface area contributed by atoms with Gasteiger partial charge in [-0.3, -0.25) is 0 Å². The second-order valence-electron chi connectivity index (χ2n) is 5.07. The molecule has 0 heterocycles. The molecule has 3 nitrogen and oxygen atoms in total. The van der Waals surface area contributed by atoms with Gasteiger partial charge in [-0.25, -0.2) is 0 Å². The van der Waals surface area contributed by atoms with E-state index in [0.717, 1.165) is 37.6 Å². The van der Waals surface area contributed by atoms with Crippen molar-refractivity contribution in [1.82, 2.24) is 0 Å². The molecule has 0 aliphatic rings. The molecular weight excluding hydrogens is 276 g/mol. The van der Waals surface area contributed by atoms with Gasteiger partial charge >= 0.3 is 0 Å². The highest BCUT2D eigenvalue weighted by molar-refractivity contribution is 5.64. The van der Waals surface area contributed by atoms with Crippen molar-refractivity contribution in [3.8, 4) is 22.6 Å². The predicted octanol–water partition coefficient (Wildman–Crippen LogP) is 4.56. The molecule has 0 saturated carbocycles. The van der Waals surface area contributed by atoms with E-state index < -0.39 is 0 Å². The van der Waals surface area contributed by atoms with Gasteiger partial charge in [0.05, 0.1) is 13.7 Å². The van der Waals surface area contributed by atoms with Crippen LogP contribution in [0.1, 0.15) is 19.8 Å². The summed E-state index contributed by atoms with van der Waals surface area (Å²) in [6.07, 6.45) is 1.98. The number of methoxy groups -OCH3 is 1. The van der Waals surface area contributed by atoms with Crippen LogP contribution in [0.5, 0.6) is 11.5 Å². The minimum Gasteiger partial charge on any atom is -0.497 e. The molecule has 0 radical (unpaired) electrons. The van der Waals surface area contributed by atoms with Gasteiger partial charge in [-0.2, -0.15) is 0 Å². The minimum absolute atomic E-state index is 0.686. The van der Waals surface area contributed by atoms with E-state index in [1.807, 2.05) is 24.3 Å². The molecule has 118 valence electrons. The highest BCUT2D eigenvalue weighted by Crippen LogP contribution is 2.24. The van der Waals surface area contributed by atoms with E-state index in [4.69, 9.17) is 14.2 Å². The molecule has 0 aliphatic carbocycles. The molecule has 3 heteroatoms. The normalized spacial score (nSPS) is 10.5. The van der Waals surface area contributed by atoms with Gasteiger partial charge in [0.25, 0.3) is 0 Å². The van der Waals surface area contributed by atoms with Gasteiger partial charge < -0.3 is 14.2 Å². The van der Waals surface area contributed by atoms with Gasteiger partial charge in [0.2, 0.25) is 0 Å². The van der Waals surface area contributed by atoms with Crippen LogP contribution in [0.2, 0.25) is 0 Å². The summed E-state index contributed by atoms with van der Waals surface area (Å²) in [6.45, 7) is 4.39. The van der Waals surface area contributed by atoms with Gasteiger partial charge in [-0.15, -0.1) is 0 Å². The van der Waals surface area contributed by atoms with Gasteiger partial charge in [0.1, 0.15) is 11.5 Å². The molecule has 0 N–H and O–H groups in total. The van der Waals surface area contributed by atoms with Crippen molar-refractivity contribution in [3.05, 3.63) is 48.5 Å². The largest absolute Gasteiger partial charge is 0.497 e. The summed E-state index contributed by atoms with van der Waals surface area (Å²) in [4.78, 5) is 0. The SMILES string of the molecule is CCCOCCCOc1ccc(-c2ccc(OC)cc2)cc1. The Morgan fingerprint density at radius 2 is 1.32 bits per heavy atom. The summed E-state index contributed by atoms with van der Waals surface area (Å²) < 4.78 is 16.3. The summed E-state index contributed by atoms with van der Waals surface area (Å²) in [5.41, 5.74) is 2.33. The van der Waals surface area contributed by atoms with Gasteiger partial charge in [-0.1, -0.05) is 31.2 Å². The van der Waals surface area contributed by atoms with Crippen LogP contribution in [-0.4, -0.2) is 26.9 Å². The topological polar surface area (TPSA) is 27.7 Å². The van der Waals surface area contributed by atoms with Gasteiger partial charge in [0.15, 0.2) is 0 Å². The van der Waals surface area contributed by atoms with Crippen molar-refractivity contribution in [2.75, 3.05) is 26.9 Å². The lowest BCUT2D eigenvalue weighted by Gasteiger charge is -2.08. The Balaban J connectivity index is 1.82. The van der Waals surface area contributed by atoms with E-state index in [1.165, 1.54) is 11.1 Å². The third-order valence-corrected chi connectivity index (χ3v) is 3.33. The predicted molar refractivity (Wildman–Crippen MR) is 89.7 cm³/mol. The fraction of sp³-hybridized carbons (Fsp3) is 0.368. The fourth-order valence-electron chi connectivity index (χ4n) is 2.12. The first kappa shape index (κ1) is 16.4. The summed E-state index contributed by atoms with van der Waals surface area (Å²) >= 11 is 0. The number of benzene rings is 2. The summed E-state index contributed by atoms with van der Waals surface area (Å²) in [5, 5.41) is 0. The maximum absolute atomic E-state index is 5.71. The second kappa shape index (κ2) is 9.11. The van der Waals surface area contributed by atoms with Crippen molar-refractivity contribution in [3.63, 3.8) is 0 Å². The van der Waals surface area contributed by atoms with Crippen molar-refractivity contribution in [2.24, 2.45) is 0 Å². The van der Waals surface area contributed by atoms with Crippen LogP contribution in [0.25, 0.3) is 11.1 Å². The van der Waals surface area contributed by atoms with Crippen molar-refractivity contribution < 1.29 is 14.2 Å². The molecule has 0 amide bonds. The van der Waals surface area contributed by atoms with Gasteiger partial charge in [-0.05, 0) is 41.8 Å². The van der Waals surface area contributed by atoms with Gasteiger partial charge in [0, 0.05) is 19.6 Å². The maximum atomic E-state index is 5.71. The second-order valence-corrected chi connectivity index (χ2v) is 5.07. The van der Waals surface area contributed by atoms with E-state index in [0.29, 0.717) is 6.61 Å². The Labute approximate surface area is 132 Å². The zero-order valence-electron chi connectivity index (χ0n) is 13.4. The van der Waals surface area contributed by atoms with Crippen LogP contribution in [0.15, 0.2) is 48.5 Å². The first-order valence-corrected chi connectivity index (χ1v) is 7.78. The summed E-state index contributed by atoms with van der Waals surface area (Å²) in [6, 6.07) is 16.2. The van der Waals surface area contributed by atoms with E-state index >= 15 is 0 Å². The monoisotopic (exact) mass is 300 g/mol. The molecule has 0 unspecified atom stereocenters. The Kier molecular flexibility index (Phi) is 6.78. The van der Waals surface area contributed by atoms with E-state index in [9.17, 15) is 0 Å². The summed E-state index contributed by atoms with van der Waals surface area (Å²) in [5.74, 6) is 1.77. The maximum Gasteiger partial charge on any atom is 0.119 e. The average Bonchev–Trinajstić information content (AvgIpc) is 2.59. The highest BCUT2D eigenvalue weighted by atomic mass is 16.5. The average molecular weight is 300 g/mol. The lowest BCUT2D eigenvalue weighted by Crippen LogP contribution is -2.03. The molecule has 2 aromatic carbocycles. The number of hydrogen-bond donors (Lipinski definition) is 0. The van der Waals surface area contributed by atoms with Crippen LogP contribution in [0.4, 0.5) is 0 Å². The van der Waals surface area contributed by atoms with Crippen LogP contribution >= 0.6 is 0 Å². The molecule has 0 aromatic heterocycles. The standard InChI is InChI=1S/C19H24O3/c1-3-13-21-14-4-15-22-19-11-7-17(8-12-19)16-5-9-18(20-2)10-6-16/h5-12H,3-4,13-15H2,1-2H3. The highest BCUT2D eigenvalue weighted by Gasteiger charge is 2.00. The Morgan fingerprint density at radius 1 is 0.727 bits per heavy atom. The minimum atomic E-state index is 0.686. The lowest BCUT2D eigenvalue weighted by molar-refractivity contribution is 0.120. The molecule has 0 atom stereocenters. The van der Waals surface area contributed by atoms with Crippen molar-refractivity contribution >= 4 is 0 Å². The number of ether oxygens (including phenoxy) is 3. The quantitative estimate of drug-likeness (QED) is 0.635. The zero-order chi connectivity index (χ0) is 15.6. The van der Waals surface area contributed by atoms with Crippen molar-refractivity contribution in [1.29, 1.82) is 0 Å². The van der Waals surface area contributed by atoms with Crippen LogP contribution < -0.4 is 9.47 Å². The summed E-state index contributed by atoms with van der Waals surface area (Å²) in [7, 11) is 1.68. The first-order chi connectivity index (χ1) is 10.8. The Bertz CT molecular complexity index is 532. The molecule has 0 bridgehead atoms. The van der Waals surface area contributed by atoms with E-state index in [2.05, 4.69) is 31.2 Å². The van der Waals surface area contributed by atoms with Crippen molar-refractivity contribution in [2.45, 2.75) is 19.8 Å². The first-order valence-electron chi connectivity index (χ1n) is 7.78. The Hall–Kier alpha value is -2.00. The molecule has 2 rings (SSSR count). The molecule has 0 fully saturated rings. The zero-order valence-corrected chi connectivity index (χ0v) is 13.4. The Morgan fingerprint density at radius 3 is 1.86 bits per heavy atom. The third-order valence-electron chi connectivity index (χ3n) is 3.33. The molecule has 0 aliphatic heterocycles. The van der Waals surface area contributed by atoms with Crippen LogP contribution in [-0.2, 0) is 4.74 Å². The van der Waals surface area contributed by atoms with E-state index in [-0.39, 0.29) is 0 Å². The number of rotatable bonds is 9. The number of hydrogen-bond acceptors (Lipinski definition) is 3. The van der Waals surface area contributed by atoms with Crippen LogP contribution in [0.3, 0.4) is 0 Å². The molecule has 2 aromatic rings. The smallest absolute Gasteiger partial charge is 0.119 e. The van der Waals surface area contributed by atoms with Crippen LogP contribution in [0, 0.1) is 0 Å². The fourth-order valence-corrected chi connectivity index (χ4v) is 2.12. The molecule has 0 spiro atoms. The van der Waals surface area contributed by atoms with E-state index in [1.54, 1.807) is 7.11 Å². The molecule has 0 saturated heterocycles. The molecule has 22 heavy (non-hydrogen) atoms. The molecular formula is C19H24O3.